The molecule has 0 spiro atoms. The minimum atomic E-state index is -0.425. The van der Waals surface area contributed by atoms with Crippen LogP contribution in [0, 0.1) is 6.92 Å². The van der Waals surface area contributed by atoms with E-state index in [9.17, 15) is 4.79 Å². The predicted molar refractivity (Wildman–Crippen MR) is 78.0 cm³/mol. The van der Waals surface area contributed by atoms with Crippen LogP contribution in [0.5, 0.6) is 0 Å². The molecular weight excluding hydrogens is 378 g/mol. The largest absolute Gasteiger partial charge is 0.462 e. The van der Waals surface area contributed by atoms with Gasteiger partial charge < -0.3 is 9.26 Å². The Morgan fingerprint density at radius 1 is 1.42 bits per heavy atom. The first-order valence-corrected chi connectivity index (χ1v) is 7.22. The molecule has 1 heterocycles. The van der Waals surface area contributed by atoms with Gasteiger partial charge in [-0.05, 0) is 26.0 Å². The summed E-state index contributed by atoms with van der Waals surface area (Å²) in [6.07, 6.45) is 0. The van der Waals surface area contributed by atoms with Crippen molar-refractivity contribution in [2.45, 2.75) is 13.8 Å². The van der Waals surface area contributed by atoms with E-state index in [1.165, 1.54) is 0 Å². The van der Waals surface area contributed by atoms with Crippen LogP contribution in [-0.2, 0) is 4.74 Å². The number of rotatable bonds is 3. The van der Waals surface area contributed by atoms with Crippen LogP contribution in [0.15, 0.2) is 31.7 Å². The number of carbonyl (C=O) groups excluding carboxylic acids is 1. The highest BCUT2D eigenvalue weighted by Crippen LogP contribution is 2.33. The molecule has 1 aromatic heterocycles. The molecule has 0 amide bonds. The van der Waals surface area contributed by atoms with E-state index in [1.807, 2.05) is 18.2 Å². The third-order valence-corrected chi connectivity index (χ3v) is 3.68. The fourth-order valence-electron chi connectivity index (χ4n) is 1.68. The molecule has 4 nitrogen and oxygen atoms in total. The van der Waals surface area contributed by atoms with Crippen LogP contribution < -0.4 is 0 Å². The topological polar surface area (TPSA) is 52.3 Å². The first-order chi connectivity index (χ1) is 9.04. The Kier molecular flexibility index (Phi) is 4.42. The molecule has 0 saturated heterocycles. The summed E-state index contributed by atoms with van der Waals surface area (Å²) in [7, 11) is 0. The molecule has 1 aromatic carbocycles. The van der Waals surface area contributed by atoms with Crippen molar-refractivity contribution in [1.29, 1.82) is 0 Å². The molecule has 0 radical (unpaired) electrons. The molecule has 6 heteroatoms. The summed E-state index contributed by atoms with van der Waals surface area (Å²) in [6.45, 7) is 3.76. The normalized spacial score (nSPS) is 10.5. The van der Waals surface area contributed by atoms with Gasteiger partial charge in [0.15, 0.2) is 0 Å². The standard InChI is InChI=1S/C13H11Br2NO3/c1-3-18-13(17)11-7(2)19-16-12(11)9-5-4-8(14)6-10(9)15/h4-6H,3H2,1-2H3. The summed E-state index contributed by atoms with van der Waals surface area (Å²) < 4.78 is 11.9. The van der Waals surface area contributed by atoms with Crippen LogP contribution in [0.4, 0.5) is 0 Å². The molecule has 0 aliphatic carbocycles. The van der Waals surface area contributed by atoms with E-state index in [-0.39, 0.29) is 0 Å². The van der Waals surface area contributed by atoms with Gasteiger partial charge in [0.1, 0.15) is 17.0 Å². The highest BCUT2D eigenvalue weighted by Gasteiger charge is 2.23. The molecule has 0 aliphatic rings. The highest BCUT2D eigenvalue weighted by molar-refractivity contribution is 9.11. The number of ether oxygens (including phenoxy) is 1. The molecule has 19 heavy (non-hydrogen) atoms. The minimum Gasteiger partial charge on any atom is -0.462 e. The molecule has 0 saturated carbocycles. The lowest BCUT2D eigenvalue weighted by Crippen LogP contribution is -2.06. The fourth-order valence-corrected chi connectivity index (χ4v) is 2.92. The number of esters is 1. The van der Waals surface area contributed by atoms with E-state index in [0.29, 0.717) is 23.6 Å². The van der Waals surface area contributed by atoms with Crippen molar-refractivity contribution in [3.05, 3.63) is 38.5 Å². The number of hydrogen-bond acceptors (Lipinski definition) is 4. The lowest BCUT2D eigenvalue weighted by Gasteiger charge is -2.05. The molecule has 0 N–H and O–H groups in total. The van der Waals surface area contributed by atoms with Crippen LogP contribution >= 0.6 is 31.9 Å². The van der Waals surface area contributed by atoms with E-state index in [2.05, 4.69) is 37.0 Å². The Bertz CT molecular complexity index is 622. The van der Waals surface area contributed by atoms with E-state index in [4.69, 9.17) is 9.26 Å². The summed E-state index contributed by atoms with van der Waals surface area (Å²) in [5.41, 5.74) is 1.63. The Morgan fingerprint density at radius 2 is 2.16 bits per heavy atom. The predicted octanol–water partition coefficient (Wildman–Crippen LogP) is 4.35. The van der Waals surface area contributed by atoms with Gasteiger partial charge in [0.25, 0.3) is 0 Å². The maximum atomic E-state index is 12.0. The van der Waals surface area contributed by atoms with E-state index in [0.717, 1.165) is 14.5 Å². The molecule has 0 aliphatic heterocycles. The van der Waals surface area contributed by atoms with Crippen LogP contribution in [-0.4, -0.2) is 17.7 Å². The van der Waals surface area contributed by atoms with Crippen molar-refractivity contribution in [2.75, 3.05) is 6.61 Å². The molecule has 0 atom stereocenters. The van der Waals surface area contributed by atoms with Crippen molar-refractivity contribution >= 4 is 37.8 Å². The average Bonchev–Trinajstić information content (AvgIpc) is 2.71. The lowest BCUT2D eigenvalue weighted by molar-refractivity contribution is 0.0525. The second-order valence-electron chi connectivity index (χ2n) is 3.81. The molecule has 0 fully saturated rings. The Hall–Kier alpha value is -1.14. The van der Waals surface area contributed by atoms with Crippen LogP contribution in [0.3, 0.4) is 0 Å². The average molecular weight is 389 g/mol. The number of nitrogens with zero attached hydrogens (tertiary/aromatic N) is 1. The summed E-state index contributed by atoms with van der Waals surface area (Å²) in [4.78, 5) is 12.0. The zero-order valence-corrected chi connectivity index (χ0v) is 13.5. The molecule has 0 bridgehead atoms. The van der Waals surface area contributed by atoms with Gasteiger partial charge in [-0.25, -0.2) is 4.79 Å². The number of aromatic nitrogens is 1. The number of benzene rings is 1. The SMILES string of the molecule is CCOC(=O)c1c(-c2ccc(Br)cc2Br)noc1C. The smallest absolute Gasteiger partial charge is 0.344 e. The lowest BCUT2D eigenvalue weighted by atomic mass is 10.1. The van der Waals surface area contributed by atoms with Crippen molar-refractivity contribution in [1.82, 2.24) is 5.16 Å². The van der Waals surface area contributed by atoms with Crippen LogP contribution in [0.1, 0.15) is 23.0 Å². The fraction of sp³-hybridized carbons (Fsp3) is 0.231. The number of carbonyl (C=O) groups is 1. The maximum absolute atomic E-state index is 12.0. The molecule has 2 rings (SSSR count). The van der Waals surface area contributed by atoms with Crippen molar-refractivity contribution in [2.24, 2.45) is 0 Å². The number of aryl methyl sites for hydroxylation is 1. The van der Waals surface area contributed by atoms with Crippen molar-refractivity contribution < 1.29 is 14.1 Å². The second-order valence-corrected chi connectivity index (χ2v) is 5.58. The number of halogens is 2. The molecule has 2 aromatic rings. The van der Waals surface area contributed by atoms with E-state index in [1.54, 1.807) is 13.8 Å². The maximum Gasteiger partial charge on any atom is 0.344 e. The van der Waals surface area contributed by atoms with E-state index < -0.39 is 5.97 Å². The Morgan fingerprint density at radius 3 is 2.79 bits per heavy atom. The van der Waals surface area contributed by atoms with Crippen molar-refractivity contribution in [3.8, 4) is 11.3 Å². The summed E-state index contributed by atoms with van der Waals surface area (Å²) in [5, 5.41) is 3.96. The molecular formula is C13H11Br2NO3. The van der Waals surface area contributed by atoms with Gasteiger partial charge in [0, 0.05) is 14.5 Å². The van der Waals surface area contributed by atoms with Gasteiger partial charge in [-0.2, -0.15) is 0 Å². The Labute approximate surface area is 127 Å². The van der Waals surface area contributed by atoms with Gasteiger partial charge >= 0.3 is 5.97 Å². The molecule has 100 valence electrons. The molecule has 0 unspecified atom stereocenters. The highest BCUT2D eigenvalue weighted by atomic mass is 79.9. The Balaban J connectivity index is 2.54. The monoisotopic (exact) mass is 387 g/mol. The number of hydrogen-bond donors (Lipinski definition) is 0. The zero-order chi connectivity index (χ0) is 14.0. The van der Waals surface area contributed by atoms with Crippen molar-refractivity contribution in [3.63, 3.8) is 0 Å². The summed E-state index contributed by atoms with van der Waals surface area (Å²) in [6, 6.07) is 5.61. The second kappa shape index (κ2) is 5.88. The van der Waals surface area contributed by atoms with Crippen LogP contribution in [0.25, 0.3) is 11.3 Å². The van der Waals surface area contributed by atoms with Gasteiger partial charge in [-0.1, -0.05) is 43.1 Å². The summed E-state index contributed by atoms with van der Waals surface area (Å²) in [5.74, 6) is 0.0225. The van der Waals surface area contributed by atoms with E-state index >= 15 is 0 Å². The van der Waals surface area contributed by atoms with Crippen LogP contribution in [0.2, 0.25) is 0 Å². The van der Waals surface area contributed by atoms with Gasteiger partial charge in [0.05, 0.1) is 6.61 Å². The first kappa shape index (κ1) is 14.3. The van der Waals surface area contributed by atoms with Gasteiger partial charge in [-0.3, -0.25) is 0 Å². The van der Waals surface area contributed by atoms with Gasteiger partial charge in [0.2, 0.25) is 0 Å². The quantitative estimate of drug-likeness (QED) is 0.733. The van der Waals surface area contributed by atoms with Gasteiger partial charge in [-0.15, -0.1) is 0 Å². The summed E-state index contributed by atoms with van der Waals surface area (Å²) >= 11 is 6.83. The first-order valence-electron chi connectivity index (χ1n) is 5.63. The third-order valence-electron chi connectivity index (χ3n) is 2.53. The zero-order valence-electron chi connectivity index (χ0n) is 10.4. The minimum absolute atomic E-state index is 0.310. The third kappa shape index (κ3) is 2.90.